The van der Waals surface area contributed by atoms with Gasteiger partial charge in [0, 0.05) is 38.1 Å². The molecule has 2 heterocycles. The van der Waals surface area contributed by atoms with Gasteiger partial charge in [0.2, 0.25) is 0 Å². The standard InChI is InChI=1S/C24H21N5O3/c1-26-23(30)22-13-21(7-9-27-22)32-20-6-5-17-8-10-29(15-18(17)12-20)24(31)28-19-4-2-3-16(11-19)14-25/h2-7,9,11-13H,8,10,15H2,1H3,(H,26,30)(H,28,31). The normalized spacial score (nSPS) is 12.3. The number of rotatable bonds is 4. The van der Waals surface area contributed by atoms with E-state index in [9.17, 15) is 9.59 Å². The summed E-state index contributed by atoms with van der Waals surface area (Å²) in [5.74, 6) is 0.825. The van der Waals surface area contributed by atoms with Gasteiger partial charge in [-0.3, -0.25) is 9.78 Å². The fraction of sp³-hybridized carbons (Fsp3) is 0.167. The van der Waals surface area contributed by atoms with E-state index in [1.54, 1.807) is 48.3 Å². The number of urea groups is 1. The third-order valence-electron chi connectivity index (χ3n) is 5.15. The minimum absolute atomic E-state index is 0.221. The quantitative estimate of drug-likeness (QED) is 0.660. The van der Waals surface area contributed by atoms with E-state index in [1.165, 1.54) is 6.20 Å². The minimum atomic E-state index is -0.289. The maximum Gasteiger partial charge on any atom is 0.322 e. The summed E-state index contributed by atoms with van der Waals surface area (Å²) in [5, 5.41) is 14.4. The second kappa shape index (κ2) is 9.18. The van der Waals surface area contributed by atoms with Crippen molar-refractivity contribution >= 4 is 17.6 Å². The maximum atomic E-state index is 12.7. The summed E-state index contributed by atoms with van der Waals surface area (Å²) in [7, 11) is 1.54. The lowest BCUT2D eigenvalue weighted by atomic mass is 10.00. The third-order valence-corrected chi connectivity index (χ3v) is 5.15. The lowest BCUT2D eigenvalue weighted by Crippen LogP contribution is -2.38. The van der Waals surface area contributed by atoms with Crippen molar-refractivity contribution in [3.05, 3.63) is 83.2 Å². The van der Waals surface area contributed by atoms with E-state index in [0.29, 0.717) is 35.8 Å². The van der Waals surface area contributed by atoms with Gasteiger partial charge in [-0.15, -0.1) is 0 Å². The molecule has 3 amide bonds. The molecule has 0 saturated heterocycles. The highest BCUT2D eigenvalue weighted by Crippen LogP contribution is 2.28. The topological polar surface area (TPSA) is 107 Å². The van der Waals surface area contributed by atoms with Crippen molar-refractivity contribution in [1.82, 2.24) is 15.2 Å². The zero-order valence-electron chi connectivity index (χ0n) is 17.5. The molecule has 1 aliphatic rings. The van der Waals surface area contributed by atoms with Crippen molar-refractivity contribution < 1.29 is 14.3 Å². The van der Waals surface area contributed by atoms with Gasteiger partial charge in [0.15, 0.2) is 0 Å². The van der Waals surface area contributed by atoms with Crippen molar-refractivity contribution in [2.75, 3.05) is 18.9 Å². The molecule has 0 spiro atoms. The zero-order chi connectivity index (χ0) is 22.5. The summed E-state index contributed by atoms with van der Waals surface area (Å²) in [6, 6.07) is 17.7. The second-order valence-electron chi connectivity index (χ2n) is 7.28. The molecule has 1 aromatic heterocycles. The zero-order valence-corrected chi connectivity index (χ0v) is 17.5. The molecule has 0 aliphatic carbocycles. The number of amides is 3. The van der Waals surface area contributed by atoms with E-state index < -0.39 is 0 Å². The molecule has 2 aromatic carbocycles. The van der Waals surface area contributed by atoms with Gasteiger partial charge in [0.25, 0.3) is 5.91 Å². The van der Waals surface area contributed by atoms with E-state index in [0.717, 1.165) is 17.5 Å². The molecule has 0 atom stereocenters. The smallest absolute Gasteiger partial charge is 0.322 e. The molecule has 0 fully saturated rings. The van der Waals surface area contributed by atoms with Crippen LogP contribution in [0, 0.1) is 11.3 Å². The molecule has 8 nitrogen and oxygen atoms in total. The van der Waals surface area contributed by atoms with Crippen LogP contribution in [0.1, 0.15) is 27.2 Å². The maximum absolute atomic E-state index is 12.7. The molecule has 0 saturated carbocycles. The first-order valence-corrected chi connectivity index (χ1v) is 10.1. The molecule has 1 aliphatic heterocycles. The van der Waals surface area contributed by atoms with Crippen LogP contribution in [-0.4, -0.2) is 35.4 Å². The first-order chi connectivity index (χ1) is 15.6. The molecule has 8 heteroatoms. The number of nitrogens with zero attached hydrogens (tertiary/aromatic N) is 3. The molecule has 0 radical (unpaired) electrons. The van der Waals surface area contributed by atoms with E-state index in [-0.39, 0.29) is 17.6 Å². The van der Waals surface area contributed by atoms with Crippen molar-refractivity contribution in [1.29, 1.82) is 5.26 Å². The van der Waals surface area contributed by atoms with Crippen molar-refractivity contribution in [2.45, 2.75) is 13.0 Å². The monoisotopic (exact) mass is 427 g/mol. The highest BCUT2D eigenvalue weighted by Gasteiger charge is 2.21. The number of nitriles is 1. The van der Waals surface area contributed by atoms with Gasteiger partial charge >= 0.3 is 6.03 Å². The number of anilines is 1. The summed E-state index contributed by atoms with van der Waals surface area (Å²) >= 11 is 0. The molecule has 3 aromatic rings. The van der Waals surface area contributed by atoms with Crippen LogP contribution in [0.5, 0.6) is 11.5 Å². The Bertz CT molecular complexity index is 1220. The van der Waals surface area contributed by atoms with E-state index in [1.807, 2.05) is 18.2 Å². The fourth-order valence-corrected chi connectivity index (χ4v) is 3.50. The van der Waals surface area contributed by atoms with Gasteiger partial charge in [-0.1, -0.05) is 12.1 Å². The number of carbonyl (C=O) groups excluding carboxylic acids is 2. The van der Waals surface area contributed by atoms with Crippen LogP contribution < -0.4 is 15.4 Å². The Morgan fingerprint density at radius 1 is 1.09 bits per heavy atom. The number of benzene rings is 2. The fourth-order valence-electron chi connectivity index (χ4n) is 3.50. The summed E-state index contributed by atoms with van der Waals surface area (Å²) in [6.07, 6.45) is 2.25. The van der Waals surface area contributed by atoms with Crippen molar-refractivity contribution in [2.24, 2.45) is 0 Å². The van der Waals surface area contributed by atoms with Gasteiger partial charge in [-0.05, 0) is 53.9 Å². The minimum Gasteiger partial charge on any atom is -0.457 e. The number of carbonyl (C=O) groups is 2. The van der Waals surface area contributed by atoms with Crippen molar-refractivity contribution in [3.8, 4) is 17.6 Å². The van der Waals surface area contributed by atoms with E-state index in [2.05, 4.69) is 21.7 Å². The van der Waals surface area contributed by atoms with E-state index in [4.69, 9.17) is 10.00 Å². The molecular formula is C24H21N5O3. The van der Waals surface area contributed by atoms with Gasteiger partial charge in [-0.2, -0.15) is 5.26 Å². The Hall–Kier alpha value is -4.38. The van der Waals surface area contributed by atoms with Crippen LogP contribution in [0.4, 0.5) is 10.5 Å². The average Bonchev–Trinajstić information content (AvgIpc) is 2.83. The summed E-state index contributed by atoms with van der Waals surface area (Å²) in [4.78, 5) is 30.3. The first-order valence-electron chi connectivity index (χ1n) is 10.1. The first kappa shape index (κ1) is 20.9. The Kier molecular flexibility index (Phi) is 5.99. The molecule has 0 unspecified atom stereocenters. The SMILES string of the molecule is CNC(=O)c1cc(Oc2ccc3c(c2)CN(C(=O)Nc2cccc(C#N)c2)CC3)ccn1. The van der Waals surface area contributed by atoms with Crippen LogP contribution in [0.2, 0.25) is 0 Å². The van der Waals surface area contributed by atoms with Crippen LogP contribution in [0.25, 0.3) is 0 Å². The summed E-state index contributed by atoms with van der Waals surface area (Å²) in [6.45, 7) is 1.03. The van der Waals surface area contributed by atoms with Crippen LogP contribution in [0.3, 0.4) is 0 Å². The number of nitrogens with one attached hydrogen (secondary N) is 2. The number of hydrogen-bond donors (Lipinski definition) is 2. The molecule has 4 rings (SSSR count). The summed E-state index contributed by atoms with van der Waals surface area (Å²) < 4.78 is 5.93. The van der Waals surface area contributed by atoms with Gasteiger partial charge in [0.1, 0.15) is 17.2 Å². The third kappa shape index (κ3) is 4.68. The number of aromatic nitrogens is 1. The highest BCUT2D eigenvalue weighted by molar-refractivity contribution is 5.92. The molecule has 160 valence electrons. The lowest BCUT2D eigenvalue weighted by molar-refractivity contribution is 0.0958. The predicted octanol–water partition coefficient (Wildman–Crippen LogP) is 3.70. The lowest BCUT2D eigenvalue weighted by Gasteiger charge is -2.29. The van der Waals surface area contributed by atoms with Crippen LogP contribution >= 0.6 is 0 Å². The molecule has 0 bridgehead atoms. The number of ether oxygens (including phenoxy) is 1. The second-order valence-corrected chi connectivity index (χ2v) is 7.28. The largest absolute Gasteiger partial charge is 0.457 e. The highest BCUT2D eigenvalue weighted by atomic mass is 16.5. The number of fused-ring (bicyclic) bond motifs is 1. The number of hydrogen-bond acceptors (Lipinski definition) is 5. The van der Waals surface area contributed by atoms with Crippen molar-refractivity contribution in [3.63, 3.8) is 0 Å². The summed E-state index contributed by atoms with van der Waals surface area (Å²) in [5.41, 5.74) is 3.50. The molecule has 2 N–H and O–H groups in total. The Balaban J connectivity index is 1.46. The predicted molar refractivity (Wildman–Crippen MR) is 118 cm³/mol. The van der Waals surface area contributed by atoms with Gasteiger partial charge < -0.3 is 20.3 Å². The Morgan fingerprint density at radius 3 is 2.75 bits per heavy atom. The van der Waals surface area contributed by atoms with Gasteiger partial charge in [-0.25, -0.2) is 4.79 Å². The average molecular weight is 427 g/mol. The van der Waals surface area contributed by atoms with Crippen LogP contribution in [-0.2, 0) is 13.0 Å². The van der Waals surface area contributed by atoms with E-state index >= 15 is 0 Å². The van der Waals surface area contributed by atoms with Gasteiger partial charge in [0.05, 0.1) is 11.6 Å². The molecular weight excluding hydrogens is 406 g/mol. The Morgan fingerprint density at radius 2 is 1.94 bits per heavy atom. The molecule has 32 heavy (non-hydrogen) atoms. The Labute approximate surface area is 185 Å². The van der Waals surface area contributed by atoms with Crippen LogP contribution in [0.15, 0.2) is 60.8 Å². The number of pyridine rings is 1.